The van der Waals surface area contributed by atoms with Crippen molar-refractivity contribution in [3.8, 4) is 0 Å². The van der Waals surface area contributed by atoms with E-state index in [0.717, 1.165) is 5.56 Å². The number of carbonyl (C=O) groups is 1. The monoisotopic (exact) mass is 315 g/mol. The van der Waals surface area contributed by atoms with Gasteiger partial charge in [-0.05, 0) is 30.5 Å². The summed E-state index contributed by atoms with van der Waals surface area (Å²) in [6.45, 7) is 0.387. The maximum atomic E-state index is 13.1. The van der Waals surface area contributed by atoms with Gasteiger partial charge in [-0.1, -0.05) is 25.0 Å². The molecule has 22 heavy (non-hydrogen) atoms. The Balaban J connectivity index is 2.08. The molecule has 6 heteroatoms. The lowest BCUT2D eigenvalue weighted by molar-refractivity contribution is -0.197. The van der Waals surface area contributed by atoms with Gasteiger partial charge in [0.05, 0.1) is 12.5 Å². The molecule has 0 aromatic heterocycles. The van der Waals surface area contributed by atoms with Crippen LogP contribution in [0.15, 0.2) is 24.3 Å². The van der Waals surface area contributed by atoms with Crippen LogP contribution in [0, 0.1) is 11.8 Å². The normalized spacial score (nSPS) is 22.4. The van der Waals surface area contributed by atoms with Gasteiger partial charge in [0.25, 0.3) is 0 Å². The van der Waals surface area contributed by atoms with E-state index in [2.05, 4.69) is 5.32 Å². The second kappa shape index (κ2) is 7.13. The van der Waals surface area contributed by atoms with Crippen LogP contribution in [0.5, 0.6) is 0 Å². The van der Waals surface area contributed by atoms with Gasteiger partial charge in [0, 0.05) is 18.7 Å². The molecule has 3 nitrogen and oxygen atoms in total. The second-order valence-electron chi connectivity index (χ2n) is 5.66. The molecule has 0 spiro atoms. The Morgan fingerprint density at radius 1 is 1.32 bits per heavy atom. The summed E-state index contributed by atoms with van der Waals surface area (Å²) < 4.78 is 44.2. The van der Waals surface area contributed by atoms with E-state index in [1.165, 1.54) is 0 Å². The summed E-state index contributed by atoms with van der Waals surface area (Å²) in [7, 11) is 1.56. The fraction of sp³-hybridized carbons (Fsp3) is 0.562. The molecule has 1 N–H and O–H groups in total. The molecule has 0 unspecified atom stereocenters. The third kappa shape index (κ3) is 4.22. The summed E-state index contributed by atoms with van der Waals surface area (Å²) in [4.78, 5) is 12.3. The molecule has 1 aliphatic carbocycles. The number of carbonyl (C=O) groups excluding carboxylic acids is 1. The molecule has 2 atom stereocenters. The fourth-order valence-corrected chi connectivity index (χ4v) is 2.98. The molecule has 0 aliphatic heterocycles. The molecule has 1 aliphatic rings. The number of anilines is 1. The van der Waals surface area contributed by atoms with Crippen LogP contribution >= 0.6 is 0 Å². The third-order valence-corrected chi connectivity index (χ3v) is 4.03. The highest BCUT2D eigenvalue weighted by Gasteiger charge is 2.48. The van der Waals surface area contributed by atoms with Crippen molar-refractivity contribution in [1.82, 2.24) is 0 Å². The average Bonchev–Trinajstić information content (AvgIpc) is 2.47. The van der Waals surface area contributed by atoms with E-state index < -0.39 is 23.9 Å². The van der Waals surface area contributed by atoms with Gasteiger partial charge in [-0.3, -0.25) is 4.79 Å². The average molecular weight is 315 g/mol. The summed E-state index contributed by atoms with van der Waals surface area (Å²) >= 11 is 0. The molecule has 1 fully saturated rings. The van der Waals surface area contributed by atoms with Crippen LogP contribution in [0.25, 0.3) is 0 Å². The lowest BCUT2D eigenvalue weighted by atomic mass is 9.78. The second-order valence-corrected chi connectivity index (χ2v) is 5.66. The summed E-state index contributed by atoms with van der Waals surface area (Å²) in [5.74, 6) is -3.08. The van der Waals surface area contributed by atoms with E-state index in [0.29, 0.717) is 25.1 Å². The van der Waals surface area contributed by atoms with Crippen molar-refractivity contribution in [3.05, 3.63) is 29.8 Å². The molecule has 0 heterocycles. The molecule has 0 radical (unpaired) electrons. The van der Waals surface area contributed by atoms with Gasteiger partial charge in [0.15, 0.2) is 0 Å². The first-order valence-corrected chi connectivity index (χ1v) is 7.37. The van der Waals surface area contributed by atoms with Gasteiger partial charge in [0.1, 0.15) is 0 Å². The number of rotatable bonds is 4. The minimum Gasteiger partial charge on any atom is -0.380 e. The Morgan fingerprint density at radius 2 is 2.05 bits per heavy atom. The molecule has 1 amide bonds. The van der Waals surface area contributed by atoms with Gasteiger partial charge in [-0.15, -0.1) is 0 Å². The SMILES string of the molecule is COCc1cccc(NC(=O)[C@@H]2CCCC[C@H]2C(F)(F)F)c1. The number of alkyl halides is 3. The van der Waals surface area contributed by atoms with Gasteiger partial charge in [-0.25, -0.2) is 0 Å². The highest BCUT2D eigenvalue weighted by Crippen LogP contribution is 2.41. The van der Waals surface area contributed by atoms with E-state index in [4.69, 9.17) is 4.74 Å². The Morgan fingerprint density at radius 3 is 2.73 bits per heavy atom. The maximum Gasteiger partial charge on any atom is 0.392 e. The summed E-state index contributed by atoms with van der Waals surface area (Å²) in [5.41, 5.74) is 1.36. The lowest BCUT2D eigenvalue weighted by Gasteiger charge is -2.32. The number of ether oxygens (including phenoxy) is 1. The summed E-state index contributed by atoms with van der Waals surface area (Å²) in [6.07, 6.45) is -2.81. The van der Waals surface area contributed by atoms with Gasteiger partial charge in [0.2, 0.25) is 5.91 Å². The number of amides is 1. The fourth-order valence-electron chi connectivity index (χ4n) is 2.98. The van der Waals surface area contributed by atoms with Gasteiger partial charge < -0.3 is 10.1 Å². The van der Waals surface area contributed by atoms with Crippen LogP contribution in [0.4, 0.5) is 18.9 Å². The van der Waals surface area contributed by atoms with E-state index in [1.807, 2.05) is 6.07 Å². The van der Waals surface area contributed by atoms with E-state index >= 15 is 0 Å². The van der Waals surface area contributed by atoms with Crippen molar-refractivity contribution in [2.75, 3.05) is 12.4 Å². The minimum absolute atomic E-state index is 0.0330. The standard InChI is InChI=1S/C16H20F3NO2/c1-22-10-11-5-4-6-12(9-11)20-15(21)13-7-2-3-8-14(13)16(17,18)19/h4-6,9,13-14H,2-3,7-8,10H2,1H3,(H,20,21)/t13-,14-/m1/s1. The predicted molar refractivity (Wildman–Crippen MR) is 77.3 cm³/mol. The highest BCUT2D eigenvalue weighted by atomic mass is 19.4. The number of nitrogens with one attached hydrogen (secondary N) is 1. The molecular formula is C16H20F3NO2. The van der Waals surface area contributed by atoms with Crippen molar-refractivity contribution in [2.24, 2.45) is 11.8 Å². The van der Waals surface area contributed by atoms with E-state index in [9.17, 15) is 18.0 Å². The minimum atomic E-state index is -4.32. The van der Waals surface area contributed by atoms with Gasteiger partial charge in [-0.2, -0.15) is 13.2 Å². The van der Waals surface area contributed by atoms with Crippen LogP contribution in [0.2, 0.25) is 0 Å². The Labute approximate surface area is 127 Å². The summed E-state index contributed by atoms with van der Waals surface area (Å²) in [6, 6.07) is 6.96. The molecule has 1 aromatic rings. The first kappa shape index (κ1) is 16.8. The zero-order valence-corrected chi connectivity index (χ0v) is 12.5. The predicted octanol–water partition coefficient (Wildman–Crippen LogP) is 4.14. The Kier molecular flexibility index (Phi) is 5.45. The quantitative estimate of drug-likeness (QED) is 0.907. The first-order valence-electron chi connectivity index (χ1n) is 7.37. The first-order chi connectivity index (χ1) is 10.4. The highest BCUT2D eigenvalue weighted by molar-refractivity contribution is 5.92. The van der Waals surface area contributed by atoms with Gasteiger partial charge >= 0.3 is 6.18 Å². The Bertz CT molecular complexity index is 516. The molecular weight excluding hydrogens is 295 g/mol. The number of methoxy groups -OCH3 is 1. The molecule has 2 rings (SSSR count). The van der Waals surface area contributed by atoms with Crippen LogP contribution in [-0.2, 0) is 16.1 Å². The largest absolute Gasteiger partial charge is 0.392 e. The van der Waals surface area contributed by atoms with Crippen molar-refractivity contribution in [3.63, 3.8) is 0 Å². The molecule has 0 saturated heterocycles. The number of benzene rings is 1. The topological polar surface area (TPSA) is 38.3 Å². The van der Waals surface area contributed by atoms with E-state index in [1.54, 1.807) is 25.3 Å². The van der Waals surface area contributed by atoms with Crippen LogP contribution in [0.3, 0.4) is 0 Å². The summed E-state index contributed by atoms with van der Waals surface area (Å²) in [5, 5.41) is 2.62. The van der Waals surface area contributed by atoms with Crippen LogP contribution < -0.4 is 5.32 Å². The molecule has 1 saturated carbocycles. The zero-order chi connectivity index (χ0) is 16.2. The number of hydrogen-bond acceptors (Lipinski definition) is 2. The maximum absolute atomic E-state index is 13.1. The smallest absolute Gasteiger partial charge is 0.380 e. The van der Waals surface area contributed by atoms with Crippen molar-refractivity contribution in [1.29, 1.82) is 0 Å². The Hall–Kier alpha value is -1.56. The third-order valence-electron chi connectivity index (χ3n) is 4.03. The molecule has 0 bridgehead atoms. The molecule has 122 valence electrons. The van der Waals surface area contributed by atoms with Crippen molar-refractivity contribution < 1.29 is 22.7 Å². The van der Waals surface area contributed by atoms with Crippen LogP contribution in [0.1, 0.15) is 31.2 Å². The van der Waals surface area contributed by atoms with Crippen LogP contribution in [-0.4, -0.2) is 19.2 Å². The number of hydrogen-bond donors (Lipinski definition) is 1. The zero-order valence-electron chi connectivity index (χ0n) is 12.5. The van der Waals surface area contributed by atoms with Crippen molar-refractivity contribution >= 4 is 11.6 Å². The van der Waals surface area contributed by atoms with E-state index in [-0.39, 0.29) is 12.8 Å². The number of halogens is 3. The molecule has 1 aromatic carbocycles. The lowest BCUT2D eigenvalue weighted by Crippen LogP contribution is -2.39. The van der Waals surface area contributed by atoms with Crippen molar-refractivity contribution in [2.45, 2.75) is 38.5 Å².